The molecule has 0 aliphatic carbocycles. The van der Waals surface area contributed by atoms with Crippen molar-refractivity contribution in [2.45, 2.75) is 45.7 Å². The fraction of sp³-hybridized carbons (Fsp3) is 0.562. The predicted molar refractivity (Wildman–Crippen MR) is 79.8 cm³/mol. The van der Waals surface area contributed by atoms with E-state index in [1.165, 1.54) is 5.56 Å². The van der Waals surface area contributed by atoms with Gasteiger partial charge in [-0.25, -0.2) is 0 Å². The van der Waals surface area contributed by atoms with E-state index in [2.05, 4.69) is 19.1 Å². The summed E-state index contributed by atoms with van der Waals surface area (Å²) in [5.74, 6) is 0.00704. The van der Waals surface area contributed by atoms with Crippen LogP contribution in [0.2, 0.25) is 0 Å². The van der Waals surface area contributed by atoms with Crippen molar-refractivity contribution in [3.05, 3.63) is 35.9 Å². The van der Waals surface area contributed by atoms with Crippen LogP contribution in [0.3, 0.4) is 0 Å². The van der Waals surface area contributed by atoms with Crippen LogP contribution in [0.1, 0.15) is 32.8 Å². The average Bonchev–Trinajstić information content (AvgIpc) is 2.43. The van der Waals surface area contributed by atoms with Gasteiger partial charge in [-0.2, -0.15) is 0 Å². The molecule has 3 heteroatoms. The van der Waals surface area contributed by atoms with Crippen LogP contribution in [-0.4, -0.2) is 29.9 Å². The maximum Gasteiger partial charge on any atom is 0.226 e. The Bertz CT molecular complexity index is 389. The molecule has 106 valence electrons. The van der Waals surface area contributed by atoms with Gasteiger partial charge in [-0.15, -0.1) is 0 Å². The number of carbonyl (C=O) groups excluding carboxylic acids is 1. The molecule has 3 atom stereocenters. The monoisotopic (exact) mass is 262 g/mol. The van der Waals surface area contributed by atoms with Crippen molar-refractivity contribution < 1.29 is 4.79 Å². The highest BCUT2D eigenvalue weighted by Gasteiger charge is 2.25. The van der Waals surface area contributed by atoms with Crippen molar-refractivity contribution in [2.24, 2.45) is 11.7 Å². The summed E-state index contributed by atoms with van der Waals surface area (Å²) in [4.78, 5) is 14.2. The number of nitrogens with zero attached hydrogens (tertiary/aromatic N) is 1. The number of rotatable bonds is 6. The minimum absolute atomic E-state index is 0.107. The van der Waals surface area contributed by atoms with E-state index in [0.29, 0.717) is 0 Å². The lowest BCUT2D eigenvalue weighted by atomic mass is 9.98. The van der Waals surface area contributed by atoms with Crippen molar-refractivity contribution in [3.8, 4) is 0 Å². The summed E-state index contributed by atoms with van der Waals surface area (Å²) < 4.78 is 0. The maximum absolute atomic E-state index is 12.3. The Labute approximate surface area is 116 Å². The molecule has 0 aromatic heterocycles. The molecule has 0 fully saturated rings. The first-order valence-electron chi connectivity index (χ1n) is 7.03. The van der Waals surface area contributed by atoms with Crippen LogP contribution >= 0.6 is 0 Å². The second kappa shape index (κ2) is 7.29. The molecule has 1 amide bonds. The predicted octanol–water partition coefficient (Wildman–Crippen LogP) is 2.45. The standard InChI is InChI=1S/C16H26N2O/c1-5-15(11-14-9-7-6-8-10-14)18(4)16(19)12(2)13(3)17/h6-10,12-13,15H,5,11,17H2,1-4H3. The van der Waals surface area contributed by atoms with Gasteiger partial charge in [0.2, 0.25) is 5.91 Å². The largest absolute Gasteiger partial charge is 0.342 e. The molecule has 0 bridgehead atoms. The van der Waals surface area contributed by atoms with Crippen molar-refractivity contribution in [2.75, 3.05) is 7.05 Å². The van der Waals surface area contributed by atoms with Crippen LogP contribution in [0.25, 0.3) is 0 Å². The number of likely N-dealkylation sites (N-methyl/N-ethyl adjacent to an activating group) is 1. The van der Waals surface area contributed by atoms with E-state index < -0.39 is 0 Å². The molecule has 0 spiro atoms. The number of hydrogen-bond acceptors (Lipinski definition) is 2. The van der Waals surface area contributed by atoms with Crippen LogP contribution in [0.15, 0.2) is 30.3 Å². The summed E-state index contributed by atoms with van der Waals surface area (Å²) >= 11 is 0. The van der Waals surface area contributed by atoms with E-state index in [9.17, 15) is 4.79 Å². The molecule has 2 N–H and O–H groups in total. The van der Waals surface area contributed by atoms with Crippen LogP contribution < -0.4 is 5.73 Å². The van der Waals surface area contributed by atoms with Gasteiger partial charge in [-0.05, 0) is 25.3 Å². The highest BCUT2D eigenvalue weighted by Crippen LogP contribution is 2.14. The van der Waals surface area contributed by atoms with Crippen LogP contribution in [0, 0.1) is 5.92 Å². The summed E-state index contributed by atoms with van der Waals surface area (Å²) in [6.45, 7) is 5.90. The fourth-order valence-corrected chi connectivity index (χ4v) is 2.17. The summed E-state index contributed by atoms with van der Waals surface area (Å²) in [6, 6.07) is 10.4. The SMILES string of the molecule is CCC(Cc1ccccc1)N(C)C(=O)C(C)C(C)N. The van der Waals surface area contributed by atoms with E-state index in [4.69, 9.17) is 5.73 Å². The van der Waals surface area contributed by atoms with Gasteiger partial charge in [0.1, 0.15) is 0 Å². The van der Waals surface area contributed by atoms with Gasteiger partial charge >= 0.3 is 0 Å². The molecule has 0 aliphatic rings. The van der Waals surface area contributed by atoms with Crippen molar-refractivity contribution >= 4 is 5.91 Å². The molecule has 1 aromatic rings. The Balaban J connectivity index is 2.71. The third kappa shape index (κ3) is 4.35. The third-order valence-electron chi connectivity index (χ3n) is 3.86. The lowest BCUT2D eigenvalue weighted by molar-refractivity contribution is -0.136. The topological polar surface area (TPSA) is 46.3 Å². The van der Waals surface area contributed by atoms with Gasteiger partial charge in [0, 0.05) is 19.1 Å². The average molecular weight is 262 g/mol. The molecule has 0 saturated carbocycles. The fourth-order valence-electron chi connectivity index (χ4n) is 2.17. The molecular formula is C16H26N2O. The molecule has 0 aliphatic heterocycles. The number of carbonyl (C=O) groups is 1. The Kier molecular flexibility index (Phi) is 6.03. The lowest BCUT2D eigenvalue weighted by Crippen LogP contribution is -2.45. The Hall–Kier alpha value is -1.35. The number of nitrogens with two attached hydrogens (primary N) is 1. The summed E-state index contributed by atoms with van der Waals surface area (Å²) in [6.07, 6.45) is 1.84. The molecule has 0 saturated heterocycles. The lowest BCUT2D eigenvalue weighted by Gasteiger charge is -2.31. The third-order valence-corrected chi connectivity index (χ3v) is 3.86. The van der Waals surface area contributed by atoms with Gasteiger partial charge in [0.05, 0.1) is 5.92 Å². The first kappa shape index (κ1) is 15.7. The van der Waals surface area contributed by atoms with E-state index in [1.807, 2.05) is 44.0 Å². The number of benzene rings is 1. The quantitative estimate of drug-likeness (QED) is 0.856. The second-order valence-corrected chi connectivity index (χ2v) is 5.35. The highest BCUT2D eigenvalue weighted by atomic mass is 16.2. The van der Waals surface area contributed by atoms with Crippen LogP contribution in [-0.2, 0) is 11.2 Å². The molecule has 3 nitrogen and oxygen atoms in total. The van der Waals surface area contributed by atoms with Gasteiger partial charge in [-0.3, -0.25) is 4.79 Å². The number of amides is 1. The Morgan fingerprint density at radius 1 is 1.26 bits per heavy atom. The molecular weight excluding hydrogens is 236 g/mol. The van der Waals surface area contributed by atoms with Crippen LogP contribution in [0.4, 0.5) is 0 Å². The van der Waals surface area contributed by atoms with Crippen LogP contribution in [0.5, 0.6) is 0 Å². The van der Waals surface area contributed by atoms with Gasteiger partial charge < -0.3 is 10.6 Å². The van der Waals surface area contributed by atoms with Crippen molar-refractivity contribution in [1.29, 1.82) is 0 Å². The molecule has 3 unspecified atom stereocenters. The minimum atomic E-state index is -0.130. The molecule has 0 heterocycles. The van der Waals surface area contributed by atoms with E-state index >= 15 is 0 Å². The second-order valence-electron chi connectivity index (χ2n) is 5.35. The molecule has 19 heavy (non-hydrogen) atoms. The Morgan fingerprint density at radius 2 is 1.84 bits per heavy atom. The molecule has 1 rings (SSSR count). The van der Waals surface area contributed by atoms with Gasteiger partial charge in [-0.1, -0.05) is 44.2 Å². The summed E-state index contributed by atoms with van der Waals surface area (Å²) in [7, 11) is 1.89. The molecule has 0 radical (unpaired) electrons. The smallest absolute Gasteiger partial charge is 0.226 e. The zero-order valence-corrected chi connectivity index (χ0v) is 12.5. The first-order chi connectivity index (χ1) is 8.97. The van der Waals surface area contributed by atoms with E-state index in [0.717, 1.165) is 12.8 Å². The first-order valence-corrected chi connectivity index (χ1v) is 7.03. The minimum Gasteiger partial charge on any atom is -0.342 e. The highest BCUT2D eigenvalue weighted by molar-refractivity contribution is 5.79. The summed E-state index contributed by atoms with van der Waals surface area (Å²) in [5.41, 5.74) is 7.09. The normalized spacial score (nSPS) is 15.6. The molecule has 1 aromatic carbocycles. The zero-order valence-electron chi connectivity index (χ0n) is 12.5. The van der Waals surface area contributed by atoms with Crippen molar-refractivity contribution in [1.82, 2.24) is 4.90 Å². The van der Waals surface area contributed by atoms with Gasteiger partial charge in [0.25, 0.3) is 0 Å². The van der Waals surface area contributed by atoms with E-state index in [-0.39, 0.29) is 23.9 Å². The van der Waals surface area contributed by atoms with Gasteiger partial charge in [0.15, 0.2) is 0 Å². The van der Waals surface area contributed by atoms with E-state index in [1.54, 1.807) is 0 Å². The zero-order chi connectivity index (χ0) is 14.4. The summed E-state index contributed by atoms with van der Waals surface area (Å²) in [5, 5.41) is 0. The Morgan fingerprint density at radius 3 is 2.32 bits per heavy atom. The number of hydrogen-bond donors (Lipinski definition) is 1. The van der Waals surface area contributed by atoms with Crippen molar-refractivity contribution in [3.63, 3.8) is 0 Å². The maximum atomic E-state index is 12.3.